The van der Waals surface area contributed by atoms with Crippen molar-refractivity contribution in [3.05, 3.63) is 18.1 Å². The second-order valence-electron chi connectivity index (χ2n) is 6.83. The van der Waals surface area contributed by atoms with Crippen molar-refractivity contribution in [2.75, 3.05) is 18.4 Å². The van der Waals surface area contributed by atoms with Crippen LogP contribution in [-0.4, -0.2) is 39.9 Å². The van der Waals surface area contributed by atoms with Gasteiger partial charge < -0.3 is 10.2 Å². The Labute approximate surface area is 138 Å². The standard InChI is InChI=1S/C18H28N4O/c1-2-15-12-17(20-13-19-15)21-16-8-6-14(7-9-16)18(23)22-10-4-3-5-11-22/h12-14,16H,2-11H2,1H3,(H,19,20,21)/t14-,16-. The number of aromatic nitrogens is 2. The van der Waals surface area contributed by atoms with E-state index in [2.05, 4.69) is 27.1 Å². The van der Waals surface area contributed by atoms with Crippen LogP contribution in [0.5, 0.6) is 0 Å². The van der Waals surface area contributed by atoms with Crippen LogP contribution in [0.2, 0.25) is 0 Å². The van der Waals surface area contributed by atoms with Gasteiger partial charge in [-0.3, -0.25) is 4.79 Å². The fourth-order valence-corrected chi connectivity index (χ4v) is 3.74. The molecule has 0 unspecified atom stereocenters. The second-order valence-corrected chi connectivity index (χ2v) is 6.83. The highest BCUT2D eigenvalue weighted by molar-refractivity contribution is 5.79. The van der Waals surface area contributed by atoms with E-state index in [1.165, 1.54) is 19.3 Å². The minimum atomic E-state index is 0.239. The number of aryl methyl sites for hydroxylation is 1. The van der Waals surface area contributed by atoms with E-state index in [0.717, 1.165) is 56.7 Å². The predicted octanol–water partition coefficient (Wildman–Crippen LogP) is 3.02. The molecule has 0 aromatic carbocycles. The summed E-state index contributed by atoms with van der Waals surface area (Å²) in [6.45, 7) is 4.04. The van der Waals surface area contributed by atoms with Gasteiger partial charge in [0.05, 0.1) is 0 Å². The summed E-state index contributed by atoms with van der Waals surface area (Å²) < 4.78 is 0. The average molecular weight is 316 g/mol. The number of nitrogens with zero attached hydrogens (tertiary/aromatic N) is 3. The van der Waals surface area contributed by atoms with Gasteiger partial charge in [-0.05, 0) is 51.4 Å². The van der Waals surface area contributed by atoms with E-state index >= 15 is 0 Å². The number of carbonyl (C=O) groups is 1. The van der Waals surface area contributed by atoms with Gasteiger partial charge in [-0.2, -0.15) is 0 Å². The lowest BCUT2D eigenvalue weighted by atomic mass is 9.85. The quantitative estimate of drug-likeness (QED) is 0.927. The molecule has 2 aliphatic rings. The molecule has 0 bridgehead atoms. The van der Waals surface area contributed by atoms with E-state index < -0.39 is 0 Å². The number of rotatable bonds is 4. The third-order valence-corrected chi connectivity index (χ3v) is 5.18. The van der Waals surface area contributed by atoms with Crippen LogP contribution in [0.3, 0.4) is 0 Å². The monoisotopic (exact) mass is 316 g/mol. The van der Waals surface area contributed by atoms with Crippen molar-refractivity contribution in [3.8, 4) is 0 Å². The zero-order valence-electron chi connectivity index (χ0n) is 14.1. The maximum absolute atomic E-state index is 12.6. The topological polar surface area (TPSA) is 58.1 Å². The molecule has 23 heavy (non-hydrogen) atoms. The van der Waals surface area contributed by atoms with E-state index in [1.807, 2.05) is 6.07 Å². The predicted molar refractivity (Wildman–Crippen MR) is 91.2 cm³/mol. The average Bonchev–Trinajstić information content (AvgIpc) is 2.63. The van der Waals surface area contributed by atoms with Crippen LogP contribution in [-0.2, 0) is 11.2 Å². The Balaban J connectivity index is 1.48. The van der Waals surface area contributed by atoms with Gasteiger partial charge in [0, 0.05) is 36.8 Å². The molecule has 126 valence electrons. The van der Waals surface area contributed by atoms with Gasteiger partial charge in [0.25, 0.3) is 0 Å². The zero-order chi connectivity index (χ0) is 16.1. The minimum Gasteiger partial charge on any atom is -0.367 e. The first-order chi connectivity index (χ1) is 11.3. The molecule has 1 N–H and O–H groups in total. The Hall–Kier alpha value is -1.65. The number of likely N-dealkylation sites (tertiary alicyclic amines) is 1. The molecule has 2 heterocycles. The van der Waals surface area contributed by atoms with Crippen molar-refractivity contribution in [1.29, 1.82) is 0 Å². The van der Waals surface area contributed by atoms with Gasteiger partial charge in [0.15, 0.2) is 0 Å². The van der Waals surface area contributed by atoms with Crippen LogP contribution >= 0.6 is 0 Å². The lowest BCUT2D eigenvalue weighted by Crippen LogP contribution is -2.41. The normalized spacial score (nSPS) is 25.2. The fraction of sp³-hybridized carbons (Fsp3) is 0.722. The van der Waals surface area contributed by atoms with Gasteiger partial charge in [-0.1, -0.05) is 6.92 Å². The summed E-state index contributed by atoms with van der Waals surface area (Å²) in [7, 11) is 0. The molecule has 0 atom stereocenters. The number of nitrogens with one attached hydrogen (secondary N) is 1. The SMILES string of the molecule is CCc1cc(N[C@H]2CC[C@H](C(=O)N3CCCCC3)CC2)ncn1. The highest BCUT2D eigenvalue weighted by atomic mass is 16.2. The number of carbonyl (C=O) groups excluding carboxylic acids is 1. The van der Waals surface area contributed by atoms with E-state index in [9.17, 15) is 4.79 Å². The summed E-state index contributed by atoms with van der Waals surface area (Å²) >= 11 is 0. The number of hydrogen-bond donors (Lipinski definition) is 1. The van der Waals surface area contributed by atoms with Crippen molar-refractivity contribution in [1.82, 2.24) is 14.9 Å². The van der Waals surface area contributed by atoms with Gasteiger partial charge in [0.2, 0.25) is 5.91 Å². The Bertz CT molecular complexity index is 520. The Morgan fingerprint density at radius 3 is 2.61 bits per heavy atom. The van der Waals surface area contributed by atoms with Gasteiger partial charge in [-0.15, -0.1) is 0 Å². The largest absolute Gasteiger partial charge is 0.367 e. The molecule has 1 aliphatic heterocycles. The summed E-state index contributed by atoms with van der Waals surface area (Å²) in [5.41, 5.74) is 1.07. The maximum Gasteiger partial charge on any atom is 0.225 e. The van der Waals surface area contributed by atoms with Gasteiger partial charge >= 0.3 is 0 Å². The number of hydrogen-bond acceptors (Lipinski definition) is 4. The van der Waals surface area contributed by atoms with Crippen molar-refractivity contribution in [3.63, 3.8) is 0 Å². The van der Waals surface area contributed by atoms with Crippen LogP contribution in [0.15, 0.2) is 12.4 Å². The van der Waals surface area contributed by atoms with Crippen molar-refractivity contribution in [2.45, 2.75) is 64.3 Å². The summed E-state index contributed by atoms with van der Waals surface area (Å²) in [4.78, 5) is 23.2. The van der Waals surface area contributed by atoms with Crippen LogP contribution in [0.1, 0.15) is 57.6 Å². The molecule has 1 aromatic rings. The number of anilines is 1. The van der Waals surface area contributed by atoms with Crippen LogP contribution < -0.4 is 5.32 Å². The van der Waals surface area contributed by atoms with Crippen LogP contribution in [0, 0.1) is 5.92 Å². The zero-order valence-corrected chi connectivity index (χ0v) is 14.1. The third kappa shape index (κ3) is 4.21. The highest BCUT2D eigenvalue weighted by Gasteiger charge is 2.30. The summed E-state index contributed by atoms with van der Waals surface area (Å²) in [6.07, 6.45) is 10.3. The summed E-state index contributed by atoms with van der Waals surface area (Å²) in [6, 6.07) is 2.46. The Morgan fingerprint density at radius 2 is 1.91 bits per heavy atom. The lowest BCUT2D eigenvalue weighted by Gasteiger charge is -2.34. The maximum atomic E-state index is 12.6. The third-order valence-electron chi connectivity index (χ3n) is 5.18. The van der Waals surface area contributed by atoms with E-state index in [4.69, 9.17) is 0 Å². The number of amides is 1. The molecule has 1 saturated carbocycles. The van der Waals surface area contributed by atoms with E-state index in [0.29, 0.717) is 11.9 Å². The lowest BCUT2D eigenvalue weighted by molar-refractivity contribution is -0.137. The van der Waals surface area contributed by atoms with Gasteiger partial charge in [-0.25, -0.2) is 9.97 Å². The molecule has 1 aliphatic carbocycles. The first kappa shape index (κ1) is 16.2. The molecule has 5 nitrogen and oxygen atoms in total. The molecular weight excluding hydrogens is 288 g/mol. The van der Waals surface area contributed by atoms with Crippen molar-refractivity contribution in [2.24, 2.45) is 5.92 Å². The van der Waals surface area contributed by atoms with E-state index in [1.54, 1.807) is 6.33 Å². The van der Waals surface area contributed by atoms with E-state index in [-0.39, 0.29) is 5.92 Å². The second kappa shape index (κ2) is 7.75. The Morgan fingerprint density at radius 1 is 1.17 bits per heavy atom. The molecule has 1 amide bonds. The molecular formula is C18H28N4O. The summed E-state index contributed by atoms with van der Waals surface area (Å²) in [5, 5.41) is 3.52. The summed E-state index contributed by atoms with van der Waals surface area (Å²) in [5.74, 6) is 1.56. The molecule has 1 aromatic heterocycles. The van der Waals surface area contributed by atoms with Gasteiger partial charge in [0.1, 0.15) is 12.1 Å². The van der Waals surface area contributed by atoms with Crippen molar-refractivity contribution < 1.29 is 4.79 Å². The molecule has 0 spiro atoms. The molecule has 1 saturated heterocycles. The smallest absolute Gasteiger partial charge is 0.225 e. The number of piperidine rings is 1. The fourth-order valence-electron chi connectivity index (χ4n) is 3.74. The Kier molecular flexibility index (Phi) is 5.47. The highest BCUT2D eigenvalue weighted by Crippen LogP contribution is 2.28. The molecule has 2 fully saturated rings. The molecule has 5 heteroatoms. The van der Waals surface area contributed by atoms with Crippen molar-refractivity contribution >= 4 is 11.7 Å². The first-order valence-corrected chi connectivity index (χ1v) is 9.12. The van der Waals surface area contributed by atoms with Crippen LogP contribution in [0.25, 0.3) is 0 Å². The first-order valence-electron chi connectivity index (χ1n) is 9.12. The van der Waals surface area contributed by atoms with Crippen LogP contribution in [0.4, 0.5) is 5.82 Å². The molecule has 0 radical (unpaired) electrons. The minimum absolute atomic E-state index is 0.239. The molecule has 3 rings (SSSR count).